The van der Waals surface area contributed by atoms with Crippen LogP contribution in [0.3, 0.4) is 0 Å². The summed E-state index contributed by atoms with van der Waals surface area (Å²) in [4.78, 5) is 0. The Balaban J connectivity index is 2.21. The minimum atomic E-state index is -0.0341. The van der Waals surface area contributed by atoms with Crippen LogP contribution in [0.1, 0.15) is 11.6 Å². The van der Waals surface area contributed by atoms with Gasteiger partial charge in [-0.3, -0.25) is 0 Å². The minimum Gasteiger partial charge on any atom is -0.497 e. The van der Waals surface area contributed by atoms with E-state index < -0.39 is 0 Å². The Morgan fingerprint density at radius 3 is 2.14 bits per heavy atom. The largest absolute Gasteiger partial charge is 0.497 e. The lowest BCUT2D eigenvalue weighted by Crippen LogP contribution is -2.08. The van der Waals surface area contributed by atoms with E-state index in [2.05, 4.69) is 11.9 Å². The van der Waals surface area contributed by atoms with Crippen LogP contribution in [0.2, 0.25) is 0 Å². The first-order valence-electron chi connectivity index (χ1n) is 6.97. The first-order valence-corrected chi connectivity index (χ1v) is 6.97. The van der Waals surface area contributed by atoms with Gasteiger partial charge in [0.15, 0.2) is 11.5 Å². The zero-order chi connectivity index (χ0) is 15.9. The lowest BCUT2D eigenvalue weighted by Gasteiger charge is -2.18. The van der Waals surface area contributed by atoms with E-state index in [0.717, 1.165) is 17.0 Å². The number of benzene rings is 2. The molecule has 0 saturated carbocycles. The quantitative estimate of drug-likeness (QED) is 0.783. The average Bonchev–Trinajstić information content (AvgIpc) is 2.59. The van der Waals surface area contributed by atoms with Crippen molar-refractivity contribution < 1.29 is 14.2 Å². The average molecular weight is 299 g/mol. The van der Waals surface area contributed by atoms with Gasteiger partial charge in [0.2, 0.25) is 0 Å². The van der Waals surface area contributed by atoms with Crippen molar-refractivity contribution in [3.05, 3.63) is 60.7 Å². The maximum Gasteiger partial charge on any atom is 0.161 e. The van der Waals surface area contributed by atoms with Crippen LogP contribution in [0.4, 0.5) is 5.69 Å². The van der Waals surface area contributed by atoms with Gasteiger partial charge in [-0.05, 0) is 42.0 Å². The van der Waals surface area contributed by atoms with Crippen molar-refractivity contribution >= 4 is 5.69 Å². The fraction of sp³-hybridized carbons (Fsp3) is 0.222. The molecule has 0 amide bonds. The van der Waals surface area contributed by atoms with E-state index in [9.17, 15) is 0 Å². The second-order valence-electron chi connectivity index (χ2n) is 4.70. The summed E-state index contributed by atoms with van der Waals surface area (Å²) >= 11 is 0. The number of ether oxygens (including phenoxy) is 3. The van der Waals surface area contributed by atoms with Crippen LogP contribution >= 0.6 is 0 Å². The fourth-order valence-corrected chi connectivity index (χ4v) is 2.19. The van der Waals surface area contributed by atoms with E-state index in [1.54, 1.807) is 21.3 Å². The molecule has 1 N–H and O–H groups in total. The molecule has 0 aliphatic carbocycles. The zero-order valence-electron chi connectivity index (χ0n) is 13.1. The highest BCUT2D eigenvalue weighted by Crippen LogP contribution is 2.31. The van der Waals surface area contributed by atoms with E-state index in [4.69, 9.17) is 14.2 Å². The summed E-state index contributed by atoms with van der Waals surface area (Å²) < 4.78 is 15.8. The van der Waals surface area contributed by atoms with Gasteiger partial charge >= 0.3 is 0 Å². The van der Waals surface area contributed by atoms with Gasteiger partial charge in [0.05, 0.1) is 27.4 Å². The van der Waals surface area contributed by atoms with Crippen molar-refractivity contribution in [1.82, 2.24) is 0 Å². The molecule has 1 atom stereocenters. The van der Waals surface area contributed by atoms with E-state index in [-0.39, 0.29) is 6.04 Å². The van der Waals surface area contributed by atoms with Gasteiger partial charge in [-0.1, -0.05) is 12.1 Å². The molecule has 0 saturated heterocycles. The number of methoxy groups -OCH3 is 3. The van der Waals surface area contributed by atoms with Crippen LogP contribution in [-0.2, 0) is 0 Å². The molecule has 2 aromatic carbocycles. The van der Waals surface area contributed by atoms with Crippen LogP contribution in [-0.4, -0.2) is 21.3 Å². The minimum absolute atomic E-state index is 0.0341. The van der Waals surface area contributed by atoms with Gasteiger partial charge in [-0.25, -0.2) is 0 Å². The van der Waals surface area contributed by atoms with Gasteiger partial charge in [0.25, 0.3) is 0 Å². The van der Waals surface area contributed by atoms with Gasteiger partial charge in [-0.2, -0.15) is 0 Å². The summed E-state index contributed by atoms with van der Waals surface area (Å²) in [6.45, 7) is 3.91. The molecule has 0 fully saturated rings. The first kappa shape index (κ1) is 15.8. The van der Waals surface area contributed by atoms with Crippen molar-refractivity contribution in [2.24, 2.45) is 0 Å². The van der Waals surface area contributed by atoms with E-state index in [1.807, 2.05) is 48.5 Å². The van der Waals surface area contributed by atoms with Gasteiger partial charge in [-0.15, -0.1) is 6.58 Å². The molecule has 22 heavy (non-hydrogen) atoms. The topological polar surface area (TPSA) is 39.7 Å². The molecule has 4 nitrogen and oxygen atoms in total. The van der Waals surface area contributed by atoms with Gasteiger partial charge in [0, 0.05) is 5.69 Å². The summed E-state index contributed by atoms with van der Waals surface area (Å²) in [5.74, 6) is 2.23. The first-order chi connectivity index (χ1) is 10.7. The Bertz CT molecular complexity index is 623. The molecule has 0 radical (unpaired) electrons. The molecule has 0 spiro atoms. The number of hydrogen-bond donors (Lipinski definition) is 1. The predicted molar refractivity (Wildman–Crippen MR) is 89.1 cm³/mol. The molecule has 4 heteroatoms. The second kappa shape index (κ2) is 7.41. The fourth-order valence-electron chi connectivity index (χ4n) is 2.19. The molecule has 116 valence electrons. The summed E-state index contributed by atoms with van der Waals surface area (Å²) in [5, 5.41) is 3.42. The molecule has 0 aliphatic rings. The van der Waals surface area contributed by atoms with Crippen LogP contribution in [0.15, 0.2) is 55.1 Å². The van der Waals surface area contributed by atoms with Crippen LogP contribution < -0.4 is 19.5 Å². The van der Waals surface area contributed by atoms with Crippen LogP contribution in [0, 0.1) is 0 Å². The van der Waals surface area contributed by atoms with Crippen molar-refractivity contribution in [3.8, 4) is 17.2 Å². The number of hydrogen-bond acceptors (Lipinski definition) is 4. The molecular weight excluding hydrogens is 278 g/mol. The molecular formula is C18H21NO3. The Kier molecular flexibility index (Phi) is 5.31. The summed E-state index contributed by atoms with van der Waals surface area (Å²) in [6.07, 6.45) is 1.85. The predicted octanol–water partition coefficient (Wildman–Crippen LogP) is 4.05. The lowest BCUT2D eigenvalue weighted by molar-refractivity contribution is 0.354. The lowest BCUT2D eigenvalue weighted by atomic mass is 10.1. The maximum absolute atomic E-state index is 5.35. The molecule has 0 aliphatic heterocycles. The molecule has 0 heterocycles. The van der Waals surface area contributed by atoms with E-state index >= 15 is 0 Å². The van der Waals surface area contributed by atoms with Crippen LogP contribution in [0.25, 0.3) is 0 Å². The van der Waals surface area contributed by atoms with E-state index in [1.165, 1.54) is 0 Å². The summed E-state index contributed by atoms with van der Waals surface area (Å²) in [7, 11) is 4.90. The summed E-state index contributed by atoms with van der Waals surface area (Å²) in [6, 6.07) is 13.6. The molecule has 2 aromatic rings. The molecule has 2 rings (SSSR count). The van der Waals surface area contributed by atoms with Crippen LogP contribution in [0.5, 0.6) is 17.2 Å². The Morgan fingerprint density at radius 2 is 1.59 bits per heavy atom. The Morgan fingerprint density at radius 1 is 0.909 bits per heavy atom. The van der Waals surface area contributed by atoms with Crippen molar-refractivity contribution in [3.63, 3.8) is 0 Å². The second-order valence-corrected chi connectivity index (χ2v) is 4.70. The Labute approximate surface area is 131 Å². The molecule has 0 aromatic heterocycles. The highest BCUT2D eigenvalue weighted by atomic mass is 16.5. The number of nitrogens with one attached hydrogen (secondary N) is 1. The maximum atomic E-state index is 5.35. The number of anilines is 1. The third kappa shape index (κ3) is 3.52. The smallest absolute Gasteiger partial charge is 0.161 e. The van der Waals surface area contributed by atoms with E-state index in [0.29, 0.717) is 11.5 Å². The van der Waals surface area contributed by atoms with Gasteiger partial charge < -0.3 is 19.5 Å². The van der Waals surface area contributed by atoms with Crippen molar-refractivity contribution in [2.75, 3.05) is 26.6 Å². The monoisotopic (exact) mass is 299 g/mol. The summed E-state index contributed by atoms with van der Waals surface area (Å²) in [5.41, 5.74) is 2.03. The zero-order valence-corrected chi connectivity index (χ0v) is 13.1. The number of rotatable bonds is 7. The molecule has 0 bridgehead atoms. The molecule has 1 unspecified atom stereocenters. The highest BCUT2D eigenvalue weighted by Gasteiger charge is 2.11. The van der Waals surface area contributed by atoms with Crippen molar-refractivity contribution in [2.45, 2.75) is 6.04 Å². The third-order valence-corrected chi connectivity index (χ3v) is 3.41. The normalized spacial score (nSPS) is 11.4. The SMILES string of the molecule is C=CC(Nc1ccc(OC)cc1)c1ccc(OC)c(OC)c1. The van der Waals surface area contributed by atoms with Gasteiger partial charge in [0.1, 0.15) is 5.75 Å². The Hall–Kier alpha value is -2.62. The highest BCUT2D eigenvalue weighted by molar-refractivity contribution is 5.51. The standard InChI is InChI=1S/C18H21NO3/c1-5-16(19-14-7-9-15(20-2)10-8-14)13-6-11-17(21-3)18(12-13)22-4/h5-12,16,19H,1H2,2-4H3. The third-order valence-electron chi connectivity index (χ3n) is 3.41. The van der Waals surface area contributed by atoms with Crippen molar-refractivity contribution in [1.29, 1.82) is 0 Å².